The molecule has 0 bridgehead atoms. The van der Waals surface area contributed by atoms with Crippen LogP contribution >= 0.6 is 0 Å². The van der Waals surface area contributed by atoms with E-state index in [1.165, 1.54) is 25.7 Å². The number of allylic oxidation sites excluding steroid dienone is 1. The minimum absolute atomic E-state index is 0.114. The van der Waals surface area contributed by atoms with Crippen molar-refractivity contribution >= 4 is 0 Å². The van der Waals surface area contributed by atoms with Crippen LogP contribution in [0.5, 0.6) is 0 Å². The standard InChI is InChI=1S/C20H32O2/c1-18-9-6-14(21)12-13(18)4-5-15-16(18)7-10-19(2)17(15)8-11-20(19,3)22/h4,14-17,21-22H,5-12H2,1-3H3/t14-,15-,16+,17+,18+,19+,20-/m1/s1. The van der Waals surface area contributed by atoms with Gasteiger partial charge >= 0.3 is 0 Å². The molecule has 7 atom stereocenters. The summed E-state index contributed by atoms with van der Waals surface area (Å²) in [6, 6.07) is 0. The Morgan fingerprint density at radius 1 is 1.00 bits per heavy atom. The van der Waals surface area contributed by atoms with Gasteiger partial charge in [0.1, 0.15) is 0 Å². The third kappa shape index (κ3) is 1.80. The van der Waals surface area contributed by atoms with Gasteiger partial charge in [-0.25, -0.2) is 0 Å². The summed E-state index contributed by atoms with van der Waals surface area (Å²) in [6.07, 6.45) is 11.2. The molecule has 0 aromatic rings. The maximum Gasteiger partial charge on any atom is 0.0675 e. The van der Waals surface area contributed by atoms with Crippen LogP contribution in [0.15, 0.2) is 11.6 Å². The number of rotatable bonds is 0. The van der Waals surface area contributed by atoms with E-state index >= 15 is 0 Å². The summed E-state index contributed by atoms with van der Waals surface area (Å²) in [5.41, 5.74) is 1.50. The summed E-state index contributed by atoms with van der Waals surface area (Å²) >= 11 is 0. The summed E-state index contributed by atoms with van der Waals surface area (Å²) in [5, 5.41) is 21.0. The van der Waals surface area contributed by atoms with Gasteiger partial charge in [0.25, 0.3) is 0 Å². The fraction of sp³-hybridized carbons (Fsp3) is 0.900. The molecule has 124 valence electrons. The Morgan fingerprint density at radius 2 is 1.73 bits per heavy atom. The first-order chi connectivity index (χ1) is 10.3. The van der Waals surface area contributed by atoms with Crippen LogP contribution in [0, 0.1) is 28.6 Å². The molecular formula is C20H32O2. The predicted octanol–water partition coefficient (Wildman–Crippen LogP) is 4.06. The molecule has 0 spiro atoms. The first kappa shape index (κ1) is 15.2. The van der Waals surface area contributed by atoms with Crippen LogP contribution in [0.25, 0.3) is 0 Å². The maximum absolute atomic E-state index is 10.9. The van der Waals surface area contributed by atoms with Crippen molar-refractivity contribution in [3.8, 4) is 0 Å². The van der Waals surface area contributed by atoms with Crippen molar-refractivity contribution in [1.82, 2.24) is 0 Å². The number of hydrogen-bond acceptors (Lipinski definition) is 2. The lowest BCUT2D eigenvalue weighted by Gasteiger charge is -2.58. The molecular weight excluding hydrogens is 272 g/mol. The van der Waals surface area contributed by atoms with E-state index in [0.717, 1.165) is 37.5 Å². The average molecular weight is 304 g/mol. The van der Waals surface area contributed by atoms with Crippen molar-refractivity contribution < 1.29 is 10.2 Å². The van der Waals surface area contributed by atoms with Gasteiger partial charge in [-0.3, -0.25) is 0 Å². The first-order valence-electron chi connectivity index (χ1n) is 9.38. The third-order valence-corrected chi connectivity index (χ3v) is 8.64. The van der Waals surface area contributed by atoms with E-state index in [1.807, 2.05) is 0 Å². The molecule has 0 aromatic carbocycles. The van der Waals surface area contributed by atoms with Crippen molar-refractivity contribution in [2.75, 3.05) is 0 Å². The SMILES string of the molecule is C[C@]12CC[C@@H](O)CC1=CC[C@@H]1[C@@H]2CC[C@@]2(C)[C@H]1CC[C@@]2(C)O. The van der Waals surface area contributed by atoms with Crippen molar-refractivity contribution in [1.29, 1.82) is 0 Å². The van der Waals surface area contributed by atoms with Crippen LogP contribution < -0.4 is 0 Å². The van der Waals surface area contributed by atoms with Crippen LogP contribution in [-0.4, -0.2) is 21.9 Å². The Morgan fingerprint density at radius 3 is 2.50 bits per heavy atom. The lowest BCUT2D eigenvalue weighted by molar-refractivity contribution is -0.115. The molecule has 0 saturated heterocycles. The highest BCUT2D eigenvalue weighted by atomic mass is 16.3. The van der Waals surface area contributed by atoms with Gasteiger partial charge in [-0.2, -0.15) is 0 Å². The molecule has 0 radical (unpaired) electrons. The highest BCUT2D eigenvalue weighted by Gasteiger charge is 2.61. The molecule has 2 nitrogen and oxygen atoms in total. The topological polar surface area (TPSA) is 40.5 Å². The molecule has 0 heterocycles. The summed E-state index contributed by atoms with van der Waals surface area (Å²) in [7, 11) is 0. The van der Waals surface area contributed by atoms with Gasteiger partial charge < -0.3 is 10.2 Å². The second kappa shape index (κ2) is 4.60. The lowest BCUT2D eigenvalue weighted by Crippen LogP contribution is -2.53. The molecule has 0 unspecified atom stereocenters. The van der Waals surface area contributed by atoms with Crippen LogP contribution in [0.1, 0.15) is 72.1 Å². The van der Waals surface area contributed by atoms with E-state index in [4.69, 9.17) is 0 Å². The maximum atomic E-state index is 10.9. The molecule has 3 saturated carbocycles. The lowest BCUT2D eigenvalue weighted by atomic mass is 9.47. The molecule has 4 rings (SSSR count). The number of aliphatic hydroxyl groups excluding tert-OH is 1. The zero-order chi connectivity index (χ0) is 15.8. The van der Waals surface area contributed by atoms with E-state index < -0.39 is 5.60 Å². The minimum atomic E-state index is -0.476. The quantitative estimate of drug-likeness (QED) is 0.663. The van der Waals surface area contributed by atoms with Gasteiger partial charge in [0.15, 0.2) is 0 Å². The van der Waals surface area contributed by atoms with E-state index in [2.05, 4.69) is 26.8 Å². The summed E-state index contributed by atoms with van der Waals surface area (Å²) < 4.78 is 0. The normalized spacial score (nSPS) is 57.6. The largest absolute Gasteiger partial charge is 0.393 e. The molecule has 0 amide bonds. The fourth-order valence-electron chi connectivity index (χ4n) is 6.89. The number of hydrogen-bond donors (Lipinski definition) is 2. The summed E-state index contributed by atoms with van der Waals surface area (Å²) in [5.74, 6) is 2.20. The van der Waals surface area contributed by atoms with Crippen molar-refractivity contribution in [2.24, 2.45) is 28.6 Å². The van der Waals surface area contributed by atoms with Crippen molar-refractivity contribution in [3.63, 3.8) is 0 Å². The molecule has 2 heteroatoms. The van der Waals surface area contributed by atoms with Gasteiger partial charge in [0, 0.05) is 0 Å². The zero-order valence-corrected chi connectivity index (χ0v) is 14.4. The monoisotopic (exact) mass is 304 g/mol. The van der Waals surface area contributed by atoms with E-state index in [1.54, 1.807) is 5.57 Å². The smallest absolute Gasteiger partial charge is 0.0675 e. The zero-order valence-electron chi connectivity index (χ0n) is 14.4. The Kier molecular flexibility index (Phi) is 3.18. The third-order valence-electron chi connectivity index (χ3n) is 8.64. The number of fused-ring (bicyclic) bond motifs is 5. The van der Waals surface area contributed by atoms with Crippen molar-refractivity contribution in [2.45, 2.75) is 83.8 Å². The van der Waals surface area contributed by atoms with E-state index in [0.29, 0.717) is 11.3 Å². The van der Waals surface area contributed by atoms with Crippen LogP contribution in [0.3, 0.4) is 0 Å². The van der Waals surface area contributed by atoms with E-state index in [-0.39, 0.29) is 11.5 Å². The fourth-order valence-corrected chi connectivity index (χ4v) is 6.89. The highest BCUT2D eigenvalue weighted by molar-refractivity contribution is 5.26. The Hall–Kier alpha value is -0.340. The minimum Gasteiger partial charge on any atom is -0.393 e. The van der Waals surface area contributed by atoms with Crippen LogP contribution in [-0.2, 0) is 0 Å². The molecule has 4 aliphatic rings. The second-order valence-corrected chi connectivity index (χ2v) is 9.42. The molecule has 2 N–H and O–H groups in total. The van der Waals surface area contributed by atoms with Gasteiger partial charge in [0.05, 0.1) is 11.7 Å². The average Bonchev–Trinajstić information content (AvgIpc) is 2.70. The Balaban J connectivity index is 1.69. The second-order valence-electron chi connectivity index (χ2n) is 9.42. The van der Waals surface area contributed by atoms with Crippen LogP contribution in [0.2, 0.25) is 0 Å². The number of aliphatic hydroxyl groups is 2. The van der Waals surface area contributed by atoms with Gasteiger partial charge in [-0.05, 0) is 86.9 Å². The Bertz CT molecular complexity index is 508. The summed E-state index contributed by atoms with van der Waals surface area (Å²) in [6.45, 7) is 6.90. The Labute approximate surface area is 135 Å². The molecule has 0 aliphatic heterocycles. The van der Waals surface area contributed by atoms with Gasteiger partial charge in [-0.15, -0.1) is 0 Å². The molecule has 0 aromatic heterocycles. The molecule has 3 fully saturated rings. The first-order valence-corrected chi connectivity index (χ1v) is 9.38. The molecule has 4 aliphatic carbocycles. The van der Waals surface area contributed by atoms with Gasteiger partial charge in [-0.1, -0.05) is 25.5 Å². The van der Waals surface area contributed by atoms with Gasteiger partial charge in [0.2, 0.25) is 0 Å². The van der Waals surface area contributed by atoms with E-state index in [9.17, 15) is 10.2 Å². The van der Waals surface area contributed by atoms with Crippen LogP contribution in [0.4, 0.5) is 0 Å². The predicted molar refractivity (Wildman–Crippen MR) is 88.3 cm³/mol. The highest BCUT2D eigenvalue weighted by Crippen LogP contribution is 2.66. The molecule has 22 heavy (non-hydrogen) atoms. The van der Waals surface area contributed by atoms with Crippen molar-refractivity contribution in [3.05, 3.63) is 11.6 Å². The summed E-state index contributed by atoms with van der Waals surface area (Å²) in [4.78, 5) is 0.